The summed E-state index contributed by atoms with van der Waals surface area (Å²) in [5.41, 5.74) is 7.39. The molecule has 1 aromatic carbocycles. The molecule has 0 spiro atoms. The van der Waals surface area contributed by atoms with Crippen molar-refractivity contribution in [3.8, 4) is 5.69 Å². The van der Waals surface area contributed by atoms with E-state index in [4.69, 9.17) is 12.2 Å². The lowest BCUT2D eigenvalue weighted by Crippen LogP contribution is -2.36. The normalized spacial score (nSPS) is 19.1. The van der Waals surface area contributed by atoms with E-state index >= 15 is 0 Å². The van der Waals surface area contributed by atoms with E-state index in [1.165, 1.54) is 28.2 Å². The highest BCUT2D eigenvalue weighted by molar-refractivity contribution is 7.80. The Balaban J connectivity index is 1.91. The SMILES string of the molecule is Cc1c([C@@H]2[C@H](c3ccccn3)NC(=S)N2C(C)C)c(C)n(-c2ccccc2)c1C. The monoisotopic (exact) mass is 404 g/mol. The van der Waals surface area contributed by atoms with Crippen molar-refractivity contribution < 1.29 is 0 Å². The van der Waals surface area contributed by atoms with Gasteiger partial charge in [0.25, 0.3) is 0 Å². The van der Waals surface area contributed by atoms with Crippen LogP contribution in [0.3, 0.4) is 0 Å². The average Bonchev–Trinajstić information content (AvgIpc) is 3.16. The van der Waals surface area contributed by atoms with Crippen molar-refractivity contribution in [1.82, 2.24) is 19.8 Å². The van der Waals surface area contributed by atoms with E-state index in [9.17, 15) is 0 Å². The number of aromatic nitrogens is 2. The Morgan fingerprint density at radius 1 is 0.966 bits per heavy atom. The van der Waals surface area contributed by atoms with Crippen LogP contribution in [-0.4, -0.2) is 25.6 Å². The first-order chi connectivity index (χ1) is 13.9. The third kappa shape index (κ3) is 3.23. The van der Waals surface area contributed by atoms with Gasteiger partial charge in [0.1, 0.15) is 0 Å². The summed E-state index contributed by atoms with van der Waals surface area (Å²) in [6.45, 7) is 11.1. The highest BCUT2D eigenvalue weighted by Crippen LogP contribution is 2.44. The average molecular weight is 405 g/mol. The second-order valence-electron chi connectivity index (χ2n) is 8.01. The molecule has 0 unspecified atom stereocenters. The molecule has 1 aliphatic heterocycles. The predicted octanol–water partition coefficient (Wildman–Crippen LogP) is 5.18. The van der Waals surface area contributed by atoms with Crippen molar-refractivity contribution in [3.05, 3.63) is 82.9 Å². The van der Waals surface area contributed by atoms with Crippen LogP contribution in [0.2, 0.25) is 0 Å². The minimum absolute atomic E-state index is 0.0227. The third-order valence-corrected chi connectivity index (χ3v) is 6.34. The molecule has 1 N–H and O–H groups in total. The van der Waals surface area contributed by atoms with Gasteiger partial charge in [-0.25, -0.2) is 0 Å². The third-order valence-electron chi connectivity index (χ3n) is 6.01. The Kier molecular flexibility index (Phi) is 5.17. The van der Waals surface area contributed by atoms with Gasteiger partial charge in [0.15, 0.2) is 5.11 Å². The second kappa shape index (κ2) is 7.64. The van der Waals surface area contributed by atoms with E-state index in [-0.39, 0.29) is 18.1 Å². The quantitative estimate of drug-likeness (QED) is 0.608. The number of thiocarbonyl (C=S) groups is 1. The topological polar surface area (TPSA) is 33.1 Å². The summed E-state index contributed by atoms with van der Waals surface area (Å²) in [4.78, 5) is 6.99. The maximum absolute atomic E-state index is 5.77. The lowest BCUT2D eigenvalue weighted by Gasteiger charge is -2.32. The molecule has 2 aromatic heterocycles. The molecule has 29 heavy (non-hydrogen) atoms. The molecule has 0 radical (unpaired) electrons. The van der Waals surface area contributed by atoms with Crippen LogP contribution in [0.5, 0.6) is 0 Å². The number of hydrogen-bond acceptors (Lipinski definition) is 2. The largest absolute Gasteiger partial charge is 0.352 e. The van der Waals surface area contributed by atoms with E-state index in [1.807, 2.05) is 18.3 Å². The Morgan fingerprint density at radius 3 is 2.28 bits per heavy atom. The molecule has 0 amide bonds. The van der Waals surface area contributed by atoms with Crippen LogP contribution in [0.15, 0.2) is 54.7 Å². The molecule has 4 rings (SSSR count). The van der Waals surface area contributed by atoms with Crippen LogP contribution in [0.4, 0.5) is 0 Å². The van der Waals surface area contributed by atoms with Gasteiger partial charge in [-0.1, -0.05) is 24.3 Å². The molecule has 150 valence electrons. The van der Waals surface area contributed by atoms with E-state index in [1.54, 1.807) is 0 Å². The van der Waals surface area contributed by atoms with E-state index in [0.29, 0.717) is 0 Å². The summed E-state index contributed by atoms with van der Waals surface area (Å²) in [6, 6.07) is 17.1. The van der Waals surface area contributed by atoms with Crippen molar-refractivity contribution in [2.45, 2.75) is 52.7 Å². The van der Waals surface area contributed by atoms with E-state index < -0.39 is 0 Å². The van der Waals surface area contributed by atoms with Crippen LogP contribution in [0, 0.1) is 20.8 Å². The van der Waals surface area contributed by atoms with Gasteiger partial charge in [-0.3, -0.25) is 4.98 Å². The van der Waals surface area contributed by atoms with Crippen LogP contribution in [0.25, 0.3) is 5.69 Å². The molecule has 5 heteroatoms. The van der Waals surface area contributed by atoms with Crippen molar-refractivity contribution >= 4 is 17.3 Å². The summed E-state index contributed by atoms with van der Waals surface area (Å²) in [7, 11) is 0. The maximum atomic E-state index is 5.77. The molecule has 0 bridgehead atoms. The number of nitrogens with one attached hydrogen (secondary N) is 1. The molecule has 0 aliphatic carbocycles. The van der Waals surface area contributed by atoms with Gasteiger partial charge in [-0.15, -0.1) is 0 Å². The first-order valence-corrected chi connectivity index (χ1v) is 10.6. The van der Waals surface area contributed by atoms with Gasteiger partial charge >= 0.3 is 0 Å². The van der Waals surface area contributed by atoms with Gasteiger partial charge in [-0.05, 0) is 76.7 Å². The summed E-state index contributed by atoms with van der Waals surface area (Å²) in [5, 5.41) is 4.35. The summed E-state index contributed by atoms with van der Waals surface area (Å²) >= 11 is 5.77. The molecule has 0 saturated carbocycles. The predicted molar refractivity (Wildman–Crippen MR) is 122 cm³/mol. The lowest BCUT2D eigenvalue weighted by molar-refractivity contribution is 0.268. The second-order valence-corrected chi connectivity index (χ2v) is 8.39. The maximum Gasteiger partial charge on any atom is 0.170 e. The first kappa shape index (κ1) is 19.6. The fraction of sp³-hybridized carbons (Fsp3) is 0.333. The van der Waals surface area contributed by atoms with Gasteiger partial charge < -0.3 is 14.8 Å². The molecular weight excluding hydrogens is 376 g/mol. The molecule has 3 aromatic rings. The molecule has 1 fully saturated rings. The van der Waals surface area contributed by atoms with Crippen LogP contribution < -0.4 is 5.32 Å². The van der Waals surface area contributed by atoms with Crippen molar-refractivity contribution in [2.75, 3.05) is 0 Å². The van der Waals surface area contributed by atoms with Crippen LogP contribution >= 0.6 is 12.2 Å². The highest BCUT2D eigenvalue weighted by Gasteiger charge is 2.43. The Morgan fingerprint density at radius 2 is 1.66 bits per heavy atom. The smallest absolute Gasteiger partial charge is 0.170 e. The molecule has 4 nitrogen and oxygen atoms in total. The van der Waals surface area contributed by atoms with Gasteiger partial charge in [0.05, 0.1) is 17.8 Å². The number of benzene rings is 1. The minimum atomic E-state index is 0.0227. The highest BCUT2D eigenvalue weighted by atomic mass is 32.1. The van der Waals surface area contributed by atoms with Crippen molar-refractivity contribution in [1.29, 1.82) is 0 Å². The van der Waals surface area contributed by atoms with Gasteiger partial charge in [0, 0.05) is 34.9 Å². The Bertz CT molecular complexity index is 1020. The standard InChI is InChI=1S/C24H28N4S/c1-15(2)27-23(22(26-24(27)29)20-13-9-10-14-25-20)21-16(3)17(4)28(18(21)5)19-11-7-6-8-12-19/h6-15,22-23H,1-5H3,(H,26,29)/t22-,23+/m0/s1. The zero-order valence-corrected chi connectivity index (χ0v) is 18.5. The number of nitrogens with zero attached hydrogens (tertiary/aromatic N) is 3. The molecule has 1 saturated heterocycles. The summed E-state index contributed by atoms with van der Waals surface area (Å²) in [5.74, 6) is 0. The van der Waals surface area contributed by atoms with Gasteiger partial charge in [0.2, 0.25) is 0 Å². The van der Waals surface area contributed by atoms with Gasteiger partial charge in [-0.2, -0.15) is 0 Å². The van der Waals surface area contributed by atoms with Crippen LogP contribution in [-0.2, 0) is 0 Å². The van der Waals surface area contributed by atoms with Crippen molar-refractivity contribution in [2.24, 2.45) is 0 Å². The fourth-order valence-corrected chi connectivity index (χ4v) is 5.09. The van der Waals surface area contributed by atoms with Crippen LogP contribution in [0.1, 0.15) is 54.1 Å². The molecule has 2 atom stereocenters. The fourth-order valence-electron chi connectivity index (χ4n) is 4.64. The van der Waals surface area contributed by atoms with E-state index in [2.05, 4.69) is 90.8 Å². The first-order valence-electron chi connectivity index (χ1n) is 10.2. The summed E-state index contributed by atoms with van der Waals surface area (Å²) in [6.07, 6.45) is 1.86. The minimum Gasteiger partial charge on any atom is -0.352 e. The Hall–Kier alpha value is -2.66. The van der Waals surface area contributed by atoms with E-state index in [0.717, 1.165) is 10.8 Å². The number of pyridine rings is 1. The number of para-hydroxylation sites is 1. The zero-order valence-electron chi connectivity index (χ0n) is 17.7. The Labute approximate surface area is 178 Å². The molecule has 3 heterocycles. The summed E-state index contributed by atoms with van der Waals surface area (Å²) < 4.78 is 2.36. The number of rotatable bonds is 4. The number of hydrogen-bond donors (Lipinski definition) is 1. The molecule has 1 aliphatic rings. The zero-order chi connectivity index (χ0) is 20.7. The lowest BCUT2D eigenvalue weighted by atomic mass is 9.93. The molecular formula is C24H28N4S. The van der Waals surface area contributed by atoms with Crippen molar-refractivity contribution in [3.63, 3.8) is 0 Å².